The molecule has 0 aliphatic heterocycles. The summed E-state index contributed by atoms with van der Waals surface area (Å²) < 4.78 is 0. The van der Waals surface area contributed by atoms with E-state index in [1.54, 1.807) is 0 Å². The van der Waals surface area contributed by atoms with E-state index in [-0.39, 0.29) is 5.78 Å². The molecule has 1 rings (SSSR count). The van der Waals surface area contributed by atoms with Crippen molar-refractivity contribution >= 4 is 17.4 Å². The van der Waals surface area contributed by atoms with Gasteiger partial charge in [0.15, 0.2) is 5.78 Å². The van der Waals surface area contributed by atoms with E-state index in [2.05, 4.69) is 0 Å². The van der Waals surface area contributed by atoms with E-state index < -0.39 is 0 Å². The first-order valence-electron chi connectivity index (χ1n) is 4.38. The largest absolute Gasteiger partial charge is 0.294 e. The van der Waals surface area contributed by atoms with Crippen LogP contribution in [-0.2, 0) is 5.88 Å². The Morgan fingerprint density at radius 1 is 1.46 bits per heavy atom. The number of hydrogen-bond donors (Lipinski definition) is 0. The molecule has 0 aliphatic rings. The van der Waals surface area contributed by atoms with E-state index in [0.29, 0.717) is 12.3 Å². The maximum atomic E-state index is 11.5. The number of halogens is 1. The summed E-state index contributed by atoms with van der Waals surface area (Å²) in [5.74, 6) is 0.654. The van der Waals surface area contributed by atoms with Gasteiger partial charge in [0.25, 0.3) is 0 Å². The zero-order valence-corrected chi connectivity index (χ0v) is 8.69. The molecule has 1 aromatic carbocycles. The third-order valence-corrected chi connectivity index (χ3v) is 2.50. The molecule has 0 bridgehead atoms. The summed E-state index contributed by atoms with van der Waals surface area (Å²) in [5.41, 5.74) is 2.87. The van der Waals surface area contributed by atoms with Gasteiger partial charge in [0.05, 0.1) is 0 Å². The summed E-state index contributed by atoms with van der Waals surface area (Å²) in [6, 6.07) is 5.69. The van der Waals surface area contributed by atoms with Gasteiger partial charge in [0, 0.05) is 17.9 Å². The minimum Gasteiger partial charge on any atom is -0.294 e. The quantitative estimate of drug-likeness (QED) is 0.536. The summed E-state index contributed by atoms with van der Waals surface area (Å²) in [5, 5.41) is 0. The first-order chi connectivity index (χ1) is 6.20. The molecule has 0 spiro atoms. The average molecular weight is 197 g/mol. The zero-order chi connectivity index (χ0) is 9.84. The molecule has 0 N–H and O–H groups in total. The topological polar surface area (TPSA) is 17.1 Å². The maximum Gasteiger partial charge on any atom is 0.162 e. The van der Waals surface area contributed by atoms with Crippen LogP contribution >= 0.6 is 11.6 Å². The van der Waals surface area contributed by atoms with Crippen molar-refractivity contribution in [2.24, 2.45) is 0 Å². The van der Waals surface area contributed by atoms with Crippen LogP contribution in [0.5, 0.6) is 0 Å². The molecule has 0 aromatic heterocycles. The molecular formula is C11H13ClO. The van der Waals surface area contributed by atoms with E-state index in [0.717, 1.165) is 16.7 Å². The lowest BCUT2D eigenvalue weighted by molar-refractivity contribution is 0.0987. The Bertz CT molecular complexity index is 318. The first-order valence-corrected chi connectivity index (χ1v) is 4.91. The number of Topliss-reactive ketones (excluding diaryl/α,β-unsaturated/α-hetero) is 1. The molecule has 0 unspecified atom stereocenters. The third-order valence-electron chi connectivity index (χ3n) is 2.21. The molecule has 0 fully saturated rings. The summed E-state index contributed by atoms with van der Waals surface area (Å²) in [4.78, 5) is 11.5. The molecule has 0 aliphatic carbocycles. The van der Waals surface area contributed by atoms with Crippen molar-refractivity contribution in [3.8, 4) is 0 Å². The van der Waals surface area contributed by atoms with E-state index in [9.17, 15) is 4.79 Å². The van der Waals surface area contributed by atoms with Crippen molar-refractivity contribution in [2.75, 3.05) is 0 Å². The Hall–Kier alpha value is -0.820. The number of hydrogen-bond acceptors (Lipinski definition) is 1. The van der Waals surface area contributed by atoms with E-state index in [4.69, 9.17) is 11.6 Å². The van der Waals surface area contributed by atoms with Crippen LogP contribution in [0.15, 0.2) is 18.2 Å². The Morgan fingerprint density at radius 3 is 2.69 bits per heavy atom. The van der Waals surface area contributed by atoms with Crippen LogP contribution in [0, 0.1) is 6.92 Å². The van der Waals surface area contributed by atoms with E-state index in [1.165, 1.54) is 0 Å². The molecule has 1 nitrogen and oxygen atoms in total. The molecule has 0 atom stereocenters. The molecule has 0 radical (unpaired) electrons. The SMILES string of the molecule is CCC(=O)c1cccc(CCl)c1C. The van der Waals surface area contributed by atoms with Crippen LogP contribution in [0.4, 0.5) is 0 Å². The predicted octanol–water partition coefficient (Wildman–Crippen LogP) is 3.33. The second kappa shape index (κ2) is 4.43. The second-order valence-corrected chi connectivity index (χ2v) is 3.27. The standard InChI is InChI=1S/C11H13ClO/c1-3-11(13)10-6-4-5-9(7-12)8(10)2/h4-6H,3,7H2,1-2H3. The monoisotopic (exact) mass is 196 g/mol. The van der Waals surface area contributed by atoms with Crippen molar-refractivity contribution in [1.29, 1.82) is 0 Å². The Kier molecular flexibility index (Phi) is 3.49. The lowest BCUT2D eigenvalue weighted by Crippen LogP contribution is -2.01. The second-order valence-electron chi connectivity index (χ2n) is 3.00. The molecule has 0 saturated carbocycles. The highest BCUT2D eigenvalue weighted by atomic mass is 35.5. The molecule has 1 aromatic rings. The Morgan fingerprint density at radius 2 is 2.15 bits per heavy atom. The van der Waals surface area contributed by atoms with Crippen LogP contribution < -0.4 is 0 Å². The number of rotatable bonds is 3. The predicted molar refractivity (Wildman–Crippen MR) is 55.4 cm³/mol. The van der Waals surface area contributed by atoms with Crippen LogP contribution in [0.3, 0.4) is 0 Å². The third kappa shape index (κ3) is 2.10. The number of carbonyl (C=O) groups excluding carboxylic acids is 1. The first kappa shape index (κ1) is 10.3. The summed E-state index contributed by atoms with van der Waals surface area (Å²) in [7, 11) is 0. The highest BCUT2D eigenvalue weighted by Gasteiger charge is 2.08. The van der Waals surface area contributed by atoms with Crippen molar-refractivity contribution in [3.63, 3.8) is 0 Å². The van der Waals surface area contributed by atoms with Crippen molar-refractivity contribution in [2.45, 2.75) is 26.1 Å². The van der Waals surface area contributed by atoms with E-state index in [1.807, 2.05) is 32.0 Å². The highest BCUT2D eigenvalue weighted by Crippen LogP contribution is 2.16. The van der Waals surface area contributed by atoms with Gasteiger partial charge in [-0.2, -0.15) is 0 Å². The molecule has 0 amide bonds. The molecule has 0 heterocycles. The van der Waals surface area contributed by atoms with Crippen molar-refractivity contribution in [1.82, 2.24) is 0 Å². The Labute approximate surface area is 83.7 Å². The smallest absolute Gasteiger partial charge is 0.162 e. The van der Waals surface area contributed by atoms with Gasteiger partial charge in [0.1, 0.15) is 0 Å². The van der Waals surface area contributed by atoms with Crippen molar-refractivity contribution < 1.29 is 4.79 Å². The van der Waals surface area contributed by atoms with Gasteiger partial charge in [-0.3, -0.25) is 4.79 Å². The van der Waals surface area contributed by atoms with Gasteiger partial charge in [-0.25, -0.2) is 0 Å². The normalized spacial score (nSPS) is 10.1. The molecule has 0 saturated heterocycles. The fourth-order valence-electron chi connectivity index (χ4n) is 1.32. The van der Waals surface area contributed by atoms with E-state index >= 15 is 0 Å². The van der Waals surface area contributed by atoms with Gasteiger partial charge in [-0.15, -0.1) is 11.6 Å². The summed E-state index contributed by atoms with van der Waals surface area (Å²) >= 11 is 5.74. The minimum atomic E-state index is 0.185. The van der Waals surface area contributed by atoms with Crippen LogP contribution in [-0.4, -0.2) is 5.78 Å². The van der Waals surface area contributed by atoms with Crippen LogP contribution in [0.25, 0.3) is 0 Å². The van der Waals surface area contributed by atoms with Crippen LogP contribution in [0.2, 0.25) is 0 Å². The summed E-state index contributed by atoms with van der Waals surface area (Å²) in [6.45, 7) is 3.82. The van der Waals surface area contributed by atoms with Gasteiger partial charge < -0.3 is 0 Å². The molecular weight excluding hydrogens is 184 g/mol. The number of alkyl halides is 1. The zero-order valence-electron chi connectivity index (χ0n) is 7.93. The van der Waals surface area contributed by atoms with Gasteiger partial charge in [0.2, 0.25) is 0 Å². The minimum absolute atomic E-state index is 0.185. The van der Waals surface area contributed by atoms with Gasteiger partial charge in [-0.1, -0.05) is 25.1 Å². The molecule has 70 valence electrons. The molecule has 13 heavy (non-hydrogen) atoms. The number of ketones is 1. The summed E-state index contributed by atoms with van der Waals surface area (Å²) in [6.07, 6.45) is 0.548. The average Bonchev–Trinajstić information content (AvgIpc) is 2.17. The van der Waals surface area contributed by atoms with Crippen LogP contribution in [0.1, 0.15) is 34.8 Å². The van der Waals surface area contributed by atoms with Gasteiger partial charge >= 0.3 is 0 Å². The fourth-order valence-corrected chi connectivity index (χ4v) is 1.61. The van der Waals surface area contributed by atoms with Crippen molar-refractivity contribution in [3.05, 3.63) is 34.9 Å². The molecule has 2 heteroatoms. The number of carbonyl (C=O) groups is 1. The maximum absolute atomic E-state index is 11.5. The lowest BCUT2D eigenvalue weighted by Gasteiger charge is -2.06. The lowest BCUT2D eigenvalue weighted by atomic mass is 9.99. The fraction of sp³-hybridized carbons (Fsp3) is 0.364. The number of benzene rings is 1. The Balaban J connectivity index is 3.15. The highest BCUT2D eigenvalue weighted by molar-refractivity contribution is 6.17. The van der Waals surface area contributed by atoms with Gasteiger partial charge in [-0.05, 0) is 18.1 Å².